The van der Waals surface area contributed by atoms with Gasteiger partial charge in [0.05, 0.1) is 16.7 Å². The summed E-state index contributed by atoms with van der Waals surface area (Å²) >= 11 is 0. The summed E-state index contributed by atoms with van der Waals surface area (Å²) in [7, 11) is 0. The van der Waals surface area contributed by atoms with Gasteiger partial charge in [-0.05, 0) is 19.1 Å². The fraction of sp³-hybridized carbons (Fsp3) is 0.250. The number of nitrogens with one attached hydrogen (secondary N) is 2. The van der Waals surface area contributed by atoms with Crippen LogP contribution in [0.2, 0.25) is 0 Å². The molecular weight excluding hydrogens is 230 g/mol. The van der Waals surface area contributed by atoms with Crippen molar-refractivity contribution in [3.8, 4) is 0 Å². The zero-order valence-electron chi connectivity index (χ0n) is 10.1. The Kier molecular flexibility index (Phi) is 3.57. The molecule has 0 atom stereocenters. The number of urea groups is 1. The molecule has 1 heterocycles. The van der Waals surface area contributed by atoms with Crippen LogP contribution < -0.4 is 16.4 Å². The van der Waals surface area contributed by atoms with E-state index >= 15 is 0 Å². The van der Waals surface area contributed by atoms with E-state index < -0.39 is 6.03 Å². The molecule has 0 spiro atoms. The van der Waals surface area contributed by atoms with Crippen molar-refractivity contribution in [3.63, 3.8) is 0 Å². The fourth-order valence-corrected chi connectivity index (χ4v) is 1.62. The fourth-order valence-electron chi connectivity index (χ4n) is 1.62. The maximum Gasteiger partial charge on any atom is 0.312 e. The van der Waals surface area contributed by atoms with Gasteiger partial charge in [-0.1, -0.05) is 12.1 Å². The van der Waals surface area contributed by atoms with Crippen molar-refractivity contribution in [1.29, 1.82) is 0 Å². The Bertz CT molecular complexity index is 569. The molecule has 2 amide bonds. The van der Waals surface area contributed by atoms with Gasteiger partial charge in [-0.15, -0.1) is 0 Å². The SMILES string of the molecule is Cc1nc2ccccc2nc1NCCNC(N)=O. The Morgan fingerprint density at radius 1 is 1.22 bits per heavy atom. The first-order valence-electron chi connectivity index (χ1n) is 5.67. The van der Waals surface area contributed by atoms with Gasteiger partial charge in [0.2, 0.25) is 0 Å². The molecule has 6 heteroatoms. The van der Waals surface area contributed by atoms with E-state index in [4.69, 9.17) is 5.73 Å². The van der Waals surface area contributed by atoms with Gasteiger partial charge in [-0.25, -0.2) is 14.8 Å². The van der Waals surface area contributed by atoms with Crippen molar-refractivity contribution < 1.29 is 4.79 Å². The van der Waals surface area contributed by atoms with Crippen LogP contribution in [0.25, 0.3) is 11.0 Å². The van der Waals surface area contributed by atoms with Crippen LogP contribution in [0.4, 0.5) is 10.6 Å². The Labute approximate surface area is 105 Å². The highest BCUT2D eigenvalue weighted by molar-refractivity contribution is 5.76. The molecule has 94 valence electrons. The minimum Gasteiger partial charge on any atom is -0.367 e. The third-order valence-corrected chi connectivity index (χ3v) is 2.46. The summed E-state index contributed by atoms with van der Waals surface area (Å²) in [4.78, 5) is 19.4. The first-order valence-corrected chi connectivity index (χ1v) is 5.67. The smallest absolute Gasteiger partial charge is 0.312 e. The summed E-state index contributed by atoms with van der Waals surface area (Å²) in [5.41, 5.74) is 7.51. The zero-order chi connectivity index (χ0) is 13.0. The average Bonchev–Trinajstić information content (AvgIpc) is 2.34. The number of nitrogens with two attached hydrogens (primary N) is 1. The van der Waals surface area contributed by atoms with Crippen molar-refractivity contribution in [2.24, 2.45) is 5.73 Å². The highest BCUT2D eigenvalue weighted by atomic mass is 16.2. The van der Waals surface area contributed by atoms with E-state index in [1.807, 2.05) is 31.2 Å². The maximum absolute atomic E-state index is 10.5. The predicted octanol–water partition coefficient (Wildman–Crippen LogP) is 1.02. The van der Waals surface area contributed by atoms with Crippen LogP contribution >= 0.6 is 0 Å². The number of nitrogens with zero attached hydrogens (tertiary/aromatic N) is 2. The van der Waals surface area contributed by atoms with Crippen LogP contribution in [0.5, 0.6) is 0 Å². The summed E-state index contributed by atoms with van der Waals surface area (Å²) in [5.74, 6) is 0.722. The third kappa shape index (κ3) is 2.85. The van der Waals surface area contributed by atoms with Crippen molar-refractivity contribution in [2.45, 2.75) is 6.92 Å². The molecule has 0 aliphatic rings. The van der Waals surface area contributed by atoms with Crippen LogP contribution in [0.3, 0.4) is 0 Å². The number of primary amides is 1. The van der Waals surface area contributed by atoms with Crippen LogP contribution in [-0.4, -0.2) is 29.1 Å². The van der Waals surface area contributed by atoms with E-state index in [9.17, 15) is 4.79 Å². The van der Waals surface area contributed by atoms with Gasteiger partial charge in [-0.2, -0.15) is 0 Å². The van der Waals surface area contributed by atoms with Gasteiger partial charge >= 0.3 is 6.03 Å². The summed E-state index contributed by atoms with van der Waals surface area (Å²) in [6.45, 7) is 2.89. The van der Waals surface area contributed by atoms with Crippen molar-refractivity contribution in [1.82, 2.24) is 15.3 Å². The number of anilines is 1. The summed E-state index contributed by atoms with van der Waals surface area (Å²) in [5, 5.41) is 5.62. The van der Waals surface area contributed by atoms with E-state index in [1.54, 1.807) is 0 Å². The number of rotatable bonds is 4. The van der Waals surface area contributed by atoms with Gasteiger partial charge in [0, 0.05) is 13.1 Å². The summed E-state index contributed by atoms with van der Waals surface area (Å²) in [6.07, 6.45) is 0. The lowest BCUT2D eigenvalue weighted by atomic mass is 10.3. The topological polar surface area (TPSA) is 92.9 Å². The first-order chi connectivity index (χ1) is 8.66. The Morgan fingerprint density at radius 2 is 1.89 bits per heavy atom. The van der Waals surface area contributed by atoms with Gasteiger partial charge < -0.3 is 16.4 Å². The molecule has 2 rings (SSSR count). The number of aromatic nitrogens is 2. The Morgan fingerprint density at radius 3 is 2.56 bits per heavy atom. The second kappa shape index (κ2) is 5.31. The van der Waals surface area contributed by atoms with Gasteiger partial charge in [-0.3, -0.25) is 0 Å². The molecule has 1 aromatic heterocycles. The molecule has 6 nitrogen and oxygen atoms in total. The number of hydrogen-bond donors (Lipinski definition) is 3. The van der Waals surface area contributed by atoms with Gasteiger partial charge in [0.1, 0.15) is 5.82 Å². The minimum absolute atomic E-state index is 0.448. The number of hydrogen-bond acceptors (Lipinski definition) is 4. The third-order valence-electron chi connectivity index (χ3n) is 2.46. The monoisotopic (exact) mass is 245 g/mol. The molecule has 0 bridgehead atoms. The number of carbonyl (C=O) groups excluding carboxylic acids is 1. The van der Waals surface area contributed by atoms with Crippen molar-refractivity contribution in [3.05, 3.63) is 30.0 Å². The molecule has 0 aliphatic heterocycles. The minimum atomic E-state index is -0.530. The lowest BCUT2D eigenvalue weighted by Crippen LogP contribution is -2.33. The Hall–Kier alpha value is -2.37. The van der Waals surface area contributed by atoms with E-state index in [0.29, 0.717) is 13.1 Å². The average molecular weight is 245 g/mol. The molecule has 0 saturated carbocycles. The molecule has 0 saturated heterocycles. The second-order valence-corrected chi connectivity index (χ2v) is 3.86. The van der Waals surface area contributed by atoms with Crippen LogP contribution in [0.15, 0.2) is 24.3 Å². The molecule has 0 aliphatic carbocycles. The molecule has 0 fully saturated rings. The maximum atomic E-state index is 10.5. The number of carbonyl (C=O) groups is 1. The quantitative estimate of drug-likeness (QED) is 0.701. The predicted molar refractivity (Wildman–Crippen MR) is 70.4 cm³/mol. The molecule has 4 N–H and O–H groups in total. The molecule has 1 aromatic carbocycles. The second-order valence-electron chi connectivity index (χ2n) is 3.86. The highest BCUT2D eigenvalue weighted by Gasteiger charge is 2.03. The van der Waals surface area contributed by atoms with E-state index in [1.165, 1.54) is 0 Å². The summed E-state index contributed by atoms with van der Waals surface area (Å²) < 4.78 is 0. The molecule has 18 heavy (non-hydrogen) atoms. The molecular formula is C12H15N5O. The lowest BCUT2D eigenvalue weighted by Gasteiger charge is -2.09. The molecule has 2 aromatic rings. The molecule has 0 unspecified atom stereocenters. The number of amides is 2. The van der Waals surface area contributed by atoms with Crippen LogP contribution in [0, 0.1) is 6.92 Å². The zero-order valence-corrected chi connectivity index (χ0v) is 10.1. The largest absolute Gasteiger partial charge is 0.367 e. The normalized spacial score (nSPS) is 10.3. The summed E-state index contributed by atoms with van der Waals surface area (Å²) in [6, 6.07) is 7.16. The lowest BCUT2D eigenvalue weighted by molar-refractivity contribution is 0.249. The standard InChI is InChI=1S/C12H15N5O/c1-8-11(14-6-7-15-12(13)18)17-10-5-3-2-4-9(10)16-8/h2-5H,6-7H2,1H3,(H,14,17)(H3,13,15,18). The number of aryl methyl sites for hydroxylation is 1. The van der Waals surface area contributed by atoms with Crippen molar-refractivity contribution in [2.75, 3.05) is 18.4 Å². The number of fused-ring (bicyclic) bond motifs is 1. The van der Waals surface area contributed by atoms with E-state index in [2.05, 4.69) is 20.6 Å². The van der Waals surface area contributed by atoms with Gasteiger partial charge in [0.25, 0.3) is 0 Å². The van der Waals surface area contributed by atoms with Crippen LogP contribution in [-0.2, 0) is 0 Å². The molecule has 0 radical (unpaired) electrons. The highest BCUT2D eigenvalue weighted by Crippen LogP contribution is 2.15. The van der Waals surface area contributed by atoms with Crippen LogP contribution in [0.1, 0.15) is 5.69 Å². The first kappa shape index (κ1) is 12.1. The van der Waals surface area contributed by atoms with Crippen molar-refractivity contribution >= 4 is 22.9 Å². The number of para-hydroxylation sites is 2. The van der Waals surface area contributed by atoms with E-state index in [-0.39, 0.29) is 0 Å². The Balaban J connectivity index is 2.08. The van der Waals surface area contributed by atoms with E-state index in [0.717, 1.165) is 22.5 Å². The number of benzene rings is 1. The van der Waals surface area contributed by atoms with Gasteiger partial charge in [0.15, 0.2) is 0 Å².